The van der Waals surface area contributed by atoms with Gasteiger partial charge in [0, 0.05) is 9.50 Å². The molecule has 0 unspecified atom stereocenters. The van der Waals surface area contributed by atoms with E-state index in [2.05, 4.69) is 46.4 Å². The van der Waals surface area contributed by atoms with E-state index in [4.69, 9.17) is 11.6 Å². The first kappa shape index (κ1) is 14.7. The second-order valence-corrected chi connectivity index (χ2v) is 5.27. The van der Waals surface area contributed by atoms with Crippen LogP contribution in [0.15, 0.2) is 34.8 Å². The first-order chi connectivity index (χ1) is 8.24. The highest BCUT2D eigenvalue weighted by atomic mass is 79.9. The van der Waals surface area contributed by atoms with Crippen molar-refractivity contribution in [1.82, 2.24) is 5.32 Å². The van der Waals surface area contributed by atoms with E-state index in [0.717, 1.165) is 35.4 Å². The van der Waals surface area contributed by atoms with Crippen LogP contribution in [0.5, 0.6) is 0 Å². The Labute approximate surface area is 117 Å². The van der Waals surface area contributed by atoms with Crippen molar-refractivity contribution in [2.45, 2.75) is 26.2 Å². The normalized spacial score (nSPS) is 11.2. The highest BCUT2D eigenvalue weighted by Crippen LogP contribution is 2.21. The zero-order valence-corrected chi connectivity index (χ0v) is 12.5. The van der Waals surface area contributed by atoms with Gasteiger partial charge in [-0.1, -0.05) is 52.7 Å². The molecule has 0 amide bonds. The average Bonchev–Trinajstić information content (AvgIpc) is 2.30. The summed E-state index contributed by atoms with van der Waals surface area (Å²) in [5.41, 5.74) is 1.17. The lowest BCUT2D eigenvalue weighted by molar-refractivity contribution is 0.678. The average molecular weight is 317 g/mol. The van der Waals surface area contributed by atoms with Gasteiger partial charge in [0.2, 0.25) is 0 Å². The number of benzene rings is 1. The lowest BCUT2D eigenvalue weighted by Gasteiger charge is -2.01. The number of halogens is 2. The number of nitrogens with one attached hydrogen (secondary N) is 1. The molecule has 1 N–H and O–H groups in total. The molecule has 0 aliphatic carbocycles. The maximum Gasteiger partial charge on any atom is 0.0452 e. The van der Waals surface area contributed by atoms with E-state index in [1.165, 1.54) is 12.0 Å². The van der Waals surface area contributed by atoms with Gasteiger partial charge in [0.05, 0.1) is 0 Å². The Morgan fingerprint density at radius 3 is 2.82 bits per heavy atom. The smallest absolute Gasteiger partial charge is 0.0452 e. The Kier molecular flexibility index (Phi) is 7.58. The first-order valence-corrected chi connectivity index (χ1v) is 7.20. The van der Waals surface area contributed by atoms with Crippen LogP contribution in [-0.4, -0.2) is 13.1 Å². The van der Waals surface area contributed by atoms with Crippen LogP contribution in [-0.2, 0) is 6.42 Å². The fraction of sp³-hybridized carbons (Fsp3) is 0.429. The van der Waals surface area contributed by atoms with E-state index >= 15 is 0 Å². The lowest BCUT2D eigenvalue weighted by Crippen LogP contribution is -2.14. The van der Waals surface area contributed by atoms with E-state index in [1.54, 1.807) is 0 Å². The molecular formula is C14H19BrClN. The largest absolute Gasteiger partial charge is 0.316 e. The predicted octanol–water partition coefficient (Wildman–Crippen LogP) is 4.59. The molecule has 0 radical (unpaired) electrons. The molecule has 0 aliphatic heterocycles. The van der Waals surface area contributed by atoms with Crippen LogP contribution >= 0.6 is 27.5 Å². The highest BCUT2D eigenvalue weighted by molar-refractivity contribution is 9.10. The summed E-state index contributed by atoms with van der Waals surface area (Å²) in [7, 11) is 0. The first-order valence-electron chi connectivity index (χ1n) is 6.03. The lowest BCUT2D eigenvalue weighted by atomic mass is 10.1. The third kappa shape index (κ3) is 6.25. The standard InChI is InChI=1S/C14H19BrClN/c1-2-9-17-10-5-3-4-6-12-7-8-13(15)11-14(12)16/h3-4,7-8,11,17H,2,5-6,9-10H2,1H3/b4-3+. The van der Waals surface area contributed by atoms with Crippen molar-refractivity contribution in [3.8, 4) is 0 Å². The minimum absolute atomic E-state index is 0.827. The summed E-state index contributed by atoms with van der Waals surface area (Å²) < 4.78 is 1.03. The van der Waals surface area contributed by atoms with Gasteiger partial charge in [0.1, 0.15) is 0 Å². The summed E-state index contributed by atoms with van der Waals surface area (Å²) in [6.45, 7) is 4.34. The topological polar surface area (TPSA) is 12.0 Å². The molecule has 0 fully saturated rings. The molecule has 1 aromatic rings. The minimum atomic E-state index is 0.827. The second kappa shape index (κ2) is 8.73. The number of allylic oxidation sites excluding steroid dienone is 1. The molecule has 17 heavy (non-hydrogen) atoms. The van der Waals surface area contributed by atoms with Crippen LogP contribution in [0.25, 0.3) is 0 Å². The molecule has 3 heteroatoms. The molecule has 94 valence electrons. The van der Waals surface area contributed by atoms with Gasteiger partial charge in [-0.3, -0.25) is 0 Å². The van der Waals surface area contributed by atoms with Crippen molar-refractivity contribution in [2.75, 3.05) is 13.1 Å². The second-order valence-electron chi connectivity index (χ2n) is 3.95. The van der Waals surface area contributed by atoms with Crippen LogP contribution in [0.2, 0.25) is 5.02 Å². The zero-order chi connectivity index (χ0) is 12.5. The van der Waals surface area contributed by atoms with Gasteiger partial charge >= 0.3 is 0 Å². The maximum absolute atomic E-state index is 6.13. The van der Waals surface area contributed by atoms with Gasteiger partial charge in [-0.15, -0.1) is 0 Å². The molecule has 1 aromatic carbocycles. The summed E-state index contributed by atoms with van der Waals surface area (Å²) in [6.07, 6.45) is 7.57. The fourth-order valence-corrected chi connectivity index (χ4v) is 2.25. The Morgan fingerprint density at radius 1 is 1.29 bits per heavy atom. The van der Waals surface area contributed by atoms with E-state index in [9.17, 15) is 0 Å². The molecule has 0 saturated carbocycles. The molecule has 0 heterocycles. The molecule has 0 bridgehead atoms. The predicted molar refractivity (Wildman–Crippen MR) is 79.8 cm³/mol. The Balaban J connectivity index is 2.27. The Morgan fingerprint density at radius 2 is 2.12 bits per heavy atom. The van der Waals surface area contributed by atoms with E-state index in [0.29, 0.717) is 0 Å². The monoisotopic (exact) mass is 315 g/mol. The third-order valence-corrected chi connectivity index (χ3v) is 3.28. The molecule has 0 saturated heterocycles. The number of rotatable bonds is 7. The molecule has 0 aromatic heterocycles. The van der Waals surface area contributed by atoms with E-state index in [1.807, 2.05) is 12.1 Å². The summed E-state index contributed by atoms with van der Waals surface area (Å²) in [6, 6.07) is 6.03. The van der Waals surface area contributed by atoms with Gasteiger partial charge in [-0.2, -0.15) is 0 Å². The minimum Gasteiger partial charge on any atom is -0.316 e. The summed E-state index contributed by atoms with van der Waals surface area (Å²) in [5, 5.41) is 4.20. The van der Waals surface area contributed by atoms with E-state index in [-0.39, 0.29) is 0 Å². The number of hydrogen-bond donors (Lipinski definition) is 1. The van der Waals surface area contributed by atoms with Crippen molar-refractivity contribution in [3.63, 3.8) is 0 Å². The maximum atomic E-state index is 6.13. The Hall–Kier alpha value is -0.310. The molecular weight excluding hydrogens is 298 g/mol. The summed E-state index contributed by atoms with van der Waals surface area (Å²) in [4.78, 5) is 0. The van der Waals surface area contributed by atoms with Gasteiger partial charge in [0.25, 0.3) is 0 Å². The fourth-order valence-electron chi connectivity index (χ4n) is 1.50. The van der Waals surface area contributed by atoms with E-state index < -0.39 is 0 Å². The zero-order valence-electron chi connectivity index (χ0n) is 10.2. The Bertz CT molecular complexity index is 363. The third-order valence-electron chi connectivity index (χ3n) is 2.43. The molecule has 0 atom stereocenters. The van der Waals surface area contributed by atoms with Crippen LogP contribution in [0.3, 0.4) is 0 Å². The van der Waals surface area contributed by atoms with Crippen molar-refractivity contribution in [2.24, 2.45) is 0 Å². The molecule has 0 aliphatic rings. The van der Waals surface area contributed by atoms with Crippen molar-refractivity contribution in [1.29, 1.82) is 0 Å². The van der Waals surface area contributed by atoms with Crippen LogP contribution in [0.4, 0.5) is 0 Å². The molecule has 1 rings (SSSR count). The van der Waals surface area contributed by atoms with Crippen molar-refractivity contribution in [3.05, 3.63) is 45.4 Å². The van der Waals surface area contributed by atoms with Gasteiger partial charge < -0.3 is 5.32 Å². The molecule has 0 spiro atoms. The van der Waals surface area contributed by atoms with Crippen LogP contribution < -0.4 is 5.32 Å². The van der Waals surface area contributed by atoms with Gasteiger partial charge in [-0.05, 0) is 50.0 Å². The quantitative estimate of drug-likeness (QED) is 0.573. The molecule has 1 nitrogen and oxygen atoms in total. The highest BCUT2D eigenvalue weighted by Gasteiger charge is 1.98. The SMILES string of the molecule is CCCNCC/C=C/Cc1ccc(Br)cc1Cl. The van der Waals surface area contributed by atoms with Crippen molar-refractivity contribution < 1.29 is 0 Å². The number of hydrogen-bond acceptors (Lipinski definition) is 1. The summed E-state index contributed by atoms with van der Waals surface area (Å²) >= 11 is 9.54. The van der Waals surface area contributed by atoms with Crippen LogP contribution in [0.1, 0.15) is 25.3 Å². The van der Waals surface area contributed by atoms with Gasteiger partial charge in [-0.25, -0.2) is 0 Å². The van der Waals surface area contributed by atoms with Crippen LogP contribution in [0, 0.1) is 0 Å². The van der Waals surface area contributed by atoms with Crippen molar-refractivity contribution >= 4 is 27.5 Å². The van der Waals surface area contributed by atoms with Gasteiger partial charge in [0.15, 0.2) is 0 Å². The summed E-state index contributed by atoms with van der Waals surface area (Å²) in [5.74, 6) is 0.